The Morgan fingerprint density at radius 3 is 2.16 bits per heavy atom. The molecule has 1 atom stereocenters. The summed E-state index contributed by atoms with van der Waals surface area (Å²) in [6.07, 6.45) is 0.923. The van der Waals surface area contributed by atoms with Crippen LogP contribution in [0.3, 0.4) is 0 Å². The average molecular weight is 463 g/mol. The molecule has 2 amide bonds. The largest absolute Gasteiger partial charge is 0.352 e. The number of hydrogen-bond acceptors (Lipinski definition) is 2. The Morgan fingerprint density at radius 2 is 1.61 bits per heavy atom. The van der Waals surface area contributed by atoms with Crippen LogP contribution in [-0.2, 0) is 22.6 Å². The van der Waals surface area contributed by atoms with E-state index in [0.717, 1.165) is 11.1 Å². The Morgan fingerprint density at radius 1 is 0.968 bits per heavy atom. The summed E-state index contributed by atoms with van der Waals surface area (Å²) < 4.78 is 0. The molecule has 0 bridgehead atoms. The van der Waals surface area contributed by atoms with E-state index in [1.807, 2.05) is 13.8 Å². The third kappa shape index (κ3) is 7.55. The van der Waals surface area contributed by atoms with Gasteiger partial charge in [0.25, 0.3) is 0 Å². The van der Waals surface area contributed by atoms with Gasteiger partial charge in [0.15, 0.2) is 0 Å². The van der Waals surface area contributed by atoms with Gasteiger partial charge >= 0.3 is 0 Å². The maximum absolute atomic E-state index is 13.2. The fourth-order valence-electron chi connectivity index (χ4n) is 3.29. The molecule has 0 aromatic heterocycles. The molecule has 0 spiro atoms. The summed E-state index contributed by atoms with van der Waals surface area (Å²) in [6, 6.07) is 12.9. The Bertz CT molecular complexity index is 895. The zero-order valence-corrected chi connectivity index (χ0v) is 20.4. The van der Waals surface area contributed by atoms with Crippen molar-refractivity contribution in [3.8, 4) is 0 Å². The minimum Gasteiger partial charge on any atom is -0.352 e. The first-order valence-corrected chi connectivity index (χ1v) is 11.5. The van der Waals surface area contributed by atoms with E-state index in [-0.39, 0.29) is 24.4 Å². The van der Waals surface area contributed by atoms with Gasteiger partial charge in [0.05, 0.1) is 0 Å². The fourth-order valence-corrected chi connectivity index (χ4v) is 3.75. The zero-order valence-electron chi connectivity index (χ0n) is 18.9. The fraction of sp³-hybridized carbons (Fsp3) is 0.440. The van der Waals surface area contributed by atoms with E-state index in [2.05, 4.69) is 43.4 Å². The predicted octanol–water partition coefficient (Wildman–Crippen LogP) is 5.99. The number of nitrogens with one attached hydrogen (secondary N) is 1. The summed E-state index contributed by atoms with van der Waals surface area (Å²) in [5, 5.41) is 3.90. The number of rotatable bonds is 9. The predicted molar refractivity (Wildman–Crippen MR) is 129 cm³/mol. The van der Waals surface area contributed by atoms with Crippen molar-refractivity contribution in [1.29, 1.82) is 0 Å². The monoisotopic (exact) mass is 462 g/mol. The molecular weight excluding hydrogens is 431 g/mol. The third-order valence-electron chi connectivity index (χ3n) is 5.23. The highest BCUT2D eigenvalue weighted by atomic mass is 35.5. The van der Waals surface area contributed by atoms with Gasteiger partial charge in [0.2, 0.25) is 11.8 Å². The molecule has 0 aliphatic heterocycles. The maximum Gasteiger partial charge on any atom is 0.242 e. The van der Waals surface area contributed by atoms with Crippen LogP contribution in [0.25, 0.3) is 0 Å². The smallest absolute Gasteiger partial charge is 0.242 e. The highest BCUT2D eigenvalue weighted by Crippen LogP contribution is 2.24. The van der Waals surface area contributed by atoms with Crippen LogP contribution >= 0.6 is 23.2 Å². The van der Waals surface area contributed by atoms with Crippen LogP contribution in [0.5, 0.6) is 0 Å². The lowest BCUT2D eigenvalue weighted by Gasteiger charge is -2.30. The summed E-state index contributed by atoms with van der Waals surface area (Å²) in [5.74, 6) is 0.190. The molecule has 0 heterocycles. The van der Waals surface area contributed by atoms with Gasteiger partial charge in [-0.15, -0.1) is 0 Å². The maximum atomic E-state index is 13.2. The van der Waals surface area contributed by atoms with E-state index in [4.69, 9.17) is 23.2 Å². The molecule has 0 radical (unpaired) electrons. The number of halogens is 2. The van der Waals surface area contributed by atoms with E-state index < -0.39 is 6.04 Å². The van der Waals surface area contributed by atoms with Gasteiger partial charge in [0.1, 0.15) is 6.04 Å². The topological polar surface area (TPSA) is 49.4 Å². The van der Waals surface area contributed by atoms with E-state index in [0.29, 0.717) is 28.8 Å². The zero-order chi connectivity index (χ0) is 23.1. The lowest BCUT2D eigenvalue weighted by atomic mass is 10.00. The van der Waals surface area contributed by atoms with Crippen molar-refractivity contribution < 1.29 is 9.59 Å². The second-order valence-corrected chi connectivity index (χ2v) is 9.34. The number of hydrogen-bond donors (Lipinski definition) is 1. The van der Waals surface area contributed by atoms with Crippen molar-refractivity contribution in [2.24, 2.45) is 0 Å². The van der Waals surface area contributed by atoms with E-state index in [1.165, 1.54) is 5.56 Å². The van der Waals surface area contributed by atoms with E-state index in [9.17, 15) is 9.59 Å². The number of carbonyl (C=O) groups excluding carboxylic acids is 2. The van der Waals surface area contributed by atoms with Crippen molar-refractivity contribution in [3.05, 3.63) is 69.2 Å². The summed E-state index contributed by atoms with van der Waals surface area (Å²) in [4.78, 5) is 27.4. The van der Waals surface area contributed by atoms with Crippen LogP contribution in [0.4, 0.5) is 0 Å². The Labute approximate surface area is 195 Å². The SMILES string of the molecule is CC(C)NC(=O)C(C)N(Cc1ccc(Cl)cc1Cl)C(=O)CCc1ccc(C(C)C)cc1. The second-order valence-electron chi connectivity index (χ2n) is 8.49. The van der Waals surface area contributed by atoms with Crippen LogP contribution in [-0.4, -0.2) is 28.8 Å². The first-order valence-electron chi connectivity index (χ1n) is 10.7. The van der Waals surface area contributed by atoms with Crippen LogP contribution in [0, 0.1) is 0 Å². The number of aryl methyl sites for hydroxylation is 1. The minimum atomic E-state index is -0.620. The molecule has 0 aliphatic rings. The average Bonchev–Trinajstić information content (AvgIpc) is 2.70. The van der Waals surface area contributed by atoms with Crippen molar-refractivity contribution in [3.63, 3.8) is 0 Å². The second kappa shape index (κ2) is 11.5. The first kappa shape index (κ1) is 25.2. The van der Waals surface area contributed by atoms with Crippen molar-refractivity contribution >= 4 is 35.0 Å². The molecule has 0 saturated carbocycles. The van der Waals surface area contributed by atoms with Gasteiger partial charge in [-0.2, -0.15) is 0 Å². The summed E-state index contributed by atoms with van der Waals surface area (Å²) in [7, 11) is 0. The molecule has 2 aromatic rings. The van der Waals surface area contributed by atoms with Crippen molar-refractivity contribution in [2.45, 2.75) is 72.0 Å². The Kier molecular flexibility index (Phi) is 9.39. The van der Waals surface area contributed by atoms with Crippen molar-refractivity contribution in [2.75, 3.05) is 0 Å². The number of benzene rings is 2. The molecule has 31 heavy (non-hydrogen) atoms. The molecule has 0 saturated heterocycles. The molecule has 4 nitrogen and oxygen atoms in total. The molecule has 1 N–H and O–H groups in total. The lowest BCUT2D eigenvalue weighted by molar-refractivity contribution is -0.140. The molecule has 2 rings (SSSR count). The van der Waals surface area contributed by atoms with Gasteiger partial charge < -0.3 is 10.2 Å². The highest BCUT2D eigenvalue weighted by Gasteiger charge is 2.27. The van der Waals surface area contributed by atoms with Gasteiger partial charge in [-0.05, 0) is 61.9 Å². The molecule has 0 fully saturated rings. The van der Waals surface area contributed by atoms with Gasteiger partial charge in [0, 0.05) is 29.1 Å². The van der Waals surface area contributed by atoms with Gasteiger partial charge in [-0.1, -0.05) is 67.4 Å². The summed E-state index contributed by atoms with van der Waals surface area (Å²) in [6.45, 7) is 10.1. The molecule has 2 aromatic carbocycles. The Balaban J connectivity index is 2.17. The molecule has 1 unspecified atom stereocenters. The van der Waals surface area contributed by atoms with Crippen LogP contribution in [0.15, 0.2) is 42.5 Å². The highest BCUT2D eigenvalue weighted by molar-refractivity contribution is 6.35. The normalized spacial score (nSPS) is 12.2. The van der Waals surface area contributed by atoms with Crippen LogP contribution in [0.2, 0.25) is 10.0 Å². The standard InChI is InChI=1S/C25H32Cl2N2O2/c1-16(2)20-9-6-19(7-10-20)8-13-24(30)29(18(5)25(31)28-17(3)4)15-21-11-12-22(26)14-23(21)27/h6-7,9-12,14,16-18H,8,13,15H2,1-5H3,(H,28,31). The molecular formula is C25H32Cl2N2O2. The summed E-state index contributed by atoms with van der Waals surface area (Å²) in [5.41, 5.74) is 3.12. The molecule has 6 heteroatoms. The number of nitrogens with zero attached hydrogens (tertiary/aromatic N) is 1. The van der Waals surface area contributed by atoms with Crippen LogP contribution in [0.1, 0.15) is 63.6 Å². The van der Waals surface area contributed by atoms with Gasteiger partial charge in [-0.25, -0.2) is 0 Å². The number of amides is 2. The summed E-state index contributed by atoms with van der Waals surface area (Å²) >= 11 is 12.3. The quantitative estimate of drug-likeness (QED) is 0.497. The van der Waals surface area contributed by atoms with E-state index in [1.54, 1.807) is 30.0 Å². The minimum absolute atomic E-state index is 0.00880. The third-order valence-corrected chi connectivity index (χ3v) is 5.81. The lowest BCUT2D eigenvalue weighted by Crippen LogP contribution is -2.49. The Hall–Kier alpha value is -2.04. The first-order chi connectivity index (χ1) is 14.6. The van der Waals surface area contributed by atoms with Crippen molar-refractivity contribution in [1.82, 2.24) is 10.2 Å². The van der Waals surface area contributed by atoms with E-state index >= 15 is 0 Å². The van der Waals surface area contributed by atoms with Crippen LogP contribution < -0.4 is 5.32 Å². The molecule has 0 aliphatic carbocycles. The number of carbonyl (C=O) groups is 2. The van der Waals surface area contributed by atoms with Gasteiger partial charge in [-0.3, -0.25) is 9.59 Å². The molecule has 168 valence electrons.